The number of nitrogens with two attached hydrogens (primary N) is 1. The average Bonchev–Trinajstić information content (AvgIpc) is 2.38. The molecule has 0 aliphatic rings. The lowest BCUT2D eigenvalue weighted by molar-refractivity contribution is 0.0891. The van der Waals surface area contributed by atoms with Crippen LogP contribution < -0.4 is 11.1 Å². The van der Waals surface area contributed by atoms with Gasteiger partial charge in [-0.25, -0.2) is 4.39 Å². The summed E-state index contributed by atoms with van der Waals surface area (Å²) in [6.07, 6.45) is 1.42. The van der Waals surface area contributed by atoms with Gasteiger partial charge in [0.05, 0.1) is 11.1 Å². The molecule has 0 aliphatic heterocycles. The van der Waals surface area contributed by atoms with Crippen LogP contribution in [0.1, 0.15) is 37.0 Å². The summed E-state index contributed by atoms with van der Waals surface area (Å²) in [5.74, 6) is -0.961. The van der Waals surface area contributed by atoms with Crippen molar-refractivity contribution in [2.75, 3.05) is 6.54 Å². The van der Waals surface area contributed by atoms with E-state index in [1.54, 1.807) is 6.07 Å². The first-order chi connectivity index (χ1) is 8.48. The van der Waals surface area contributed by atoms with E-state index >= 15 is 0 Å². The maximum Gasteiger partial charge on any atom is 0.254 e. The molecule has 1 amide bonds. The van der Waals surface area contributed by atoms with E-state index < -0.39 is 17.3 Å². The molecule has 0 atom stereocenters. The van der Waals surface area contributed by atoms with Gasteiger partial charge in [0.25, 0.3) is 5.91 Å². The molecule has 0 spiro atoms. The Bertz CT molecular complexity index is 425. The molecule has 1 aromatic carbocycles. The van der Waals surface area contributed by atoms with Crippen LogP contribution in [0.3, 0.4) is 0 Å². The molecule has 18 heavy (non-hydrogen) atoms. The fourth-order valence-corrected chi connectivity index (χ4v) is 2.11. The summed E-state index contributed by atoms with van der Waals surface area (Å²) in [5.41, 5.74) is 5.27. The van der Waals surface area contributed by atoms with Gasteiger partial charge in [0.15, 0.2) is 0 Å². The van der Waals surface area contributed by atoms with Crippen LogP contribution in [0.15, 0.2) is 22.7 Å². The third kappa shape index (κ3) is 3.29. The van der Waals surface area contributed by atoms with Crippen molar-refractivity contribution in [2.24, 2.45) is 5.73 Å². The van der Waals surface area contributed by atoms with Crippen molar-refractivity contribution in [1.82, 2.24) is 5.32 Å². The number of carbonyl (C=O) groups excluding carboxylic acids is 1. The summed E-state index contributed by atoms with van der Waals surface area (Å²) in [6.45, 7) is 4.24. The van der Waals surface area contributed by atoms with E-state index in [0.29, 0.717) is 23.9 Å². The van der Waals surface area contributed by atoms with Crippen LogP contribution in [0.5, 0.6) is 0 Å². The highest BCUT2D eigenvalue weighted by atomic mass is 79.9. The summed E-state index contributed by atoms with van der Waals surface area (Å²) in [7, 11) is 0. The Labute approximate surface area is 115 Å². The van der Waals surface area contributed by atoms with Crippen molar-refractivity contribution >= 4 is 21.8 Å². The number of amides is 1. The zero-order valence-electron chi connectivity index (χ0n) is 10.6. The first-order valence-electron chi connectivity index (χ1n) is 5.95. The fourth-order valence-electron chi connectivity index (χ4n) is 1.75. The summed E-state index contributed by atoms with van der Waals surface area (Å²) >= 11 is 3.22. The molecule has 1 aromatic rings. The lowest BCUT2D eigenvalue weighted by atomic mass is 9.92. The van der Waals surface area contributed by atoms with Crippen molar-refractivity contribution < 1.29 is 9.18 Å². The summed E-state index contributed by atoms with van der Waals surface area (Å²) in [5, 5.41) is 2.84. The third-order valence-corrected chi connectivity index (χ3v) is 3.79. The van der Waals surface area contributed by atoms with Gasteiger partial charge in [-0.3, -0.25) is 4.79 Å². The Balaban J connectivity index is 2.97. The molecule has 5 heteroatoms. The topological polar surface area (TPSA) is 55.1 Å². The van der Waals surface area contributed by atoms with E-state index in [1.165, 1.54) is 12.1 Å². The van der Waals surface area contributed by atoms with Crippen molar-refractivity contribution in [3.05, 3.63) is 34.1 Å². The smallest absolute Gasteiger partial charge is 0.254 e. The Morgan fingerprint density at radius 3 is 2.56 bits per heavy atom. The maximum atomic E-state index is 13.6. The molecule has 0 saturated carbocycles. The van der Waals surface area contributed by atoms with Crippen LogP contribution in [0.2, 0.25) is 0 Å². The molecule has 0 unspecified atom stereocenters. The predicted molar refractivity (Wildman–Crippen MR) is 73.9 cm³/mol. The minimum Gasteiger partial charge on any atom is -0.345 e. The second-order valence-electron chi connectivity index (χ2n) is 4.27. The van der Waals surface area contributed by atoms with E-state index in [4.69, 9.17) is 5.73 Å². The average molecular weight is 317 g/mol. The Morgan fingerprint density at radius 1 is 1.44 bits per heavy atom. The lowest BCUT2D eigenvalue weighted by Gasteiger charge is -2.31. The molecule has 1 rings (SSSR count). The Morgan fingerprint density at radius 2 is 2.06 bits per heavy atom. The molecular formula is C13H18BrFN2O. The summed E-state index contributed by atoms with van der Waals surface area (Å²) in [6, 6.07) is 4.29. The molecule has 0 saturated heterocycles. The van der Waals surface area contributed by atoms with E-state index in [-0.39, 0.29) is 5.56 Å². The highest BCUT2D eigenvalue weighted by Crippen LogP contribution is 2.18. The monoisotopic (exact) mass is 316 g/mol. The molecule has 0 aromatic heterocycles. The van der Waals surface area contributed by atoms with Gasteiger partial charge in [0.1, 0.15) is 5.82 Å². The number of hydrogen-bond acceptors (Lipinski definition) is 2. The number of benzene rings is 1. The lowest BCUT2D eigenvalue weighted by Crippen LogP contribution is -2.53. The van der Waals surface area contributed by atoms with Crippen molar-refractivity contribution in [1.29, 1.82) is 0 Å². The maximum absolute atomic E-state index is 13.6. The van der Waals surface area contributed by atoms with Gasteiger partial charge in [0, 0.05) is 11.0 Å². The van der Waals surface area contributed by atoms with Crippen LogP contribution in [0, 0.1) is 5.82 Å². The quantitative estimate of drug-likeness (QED) is 0.877. The zero-order chi connectivity index (χ0) is 13.8. The first-order valence-corrected chi connectivity index (χ1v) is 6.75. The van der Waals surface area contributed by atoms with Gasteiger partial charge in [-0.15, -0.1) is 0 Å². The molecular weight excluding hydrogens is 299 g/mol. The van der Waals surface area contributed by atoms with Crippen LogP contribution >= 0.6 is 15.9 Å². The molecule has 3 N–H and O–H groups in total. The van der Waals surface area contributed by atoms with Gasteiger partial charge < -0.3 is 11.1 Å². The number of halogens is 2. The first kappa shape index (κ1) is 15.1. The van der Waals surface area contributed by atoms with Crippen LogP contribution in [0.4, 0.5) is 4.39 Å². The molecule has 0 fully saturated rings. The van der Waals surface area contributed by atoms with Gasteiger partial charge in [-0.1, -0.05) is 29.8 Å². The highest BCUT2D eigenvalue weighted by Gasteiger charge is 2.27. The van der Waals surface area contributed by atoms with Crippen LogP contribution in [0.25, 0.3) is 0 Å². The van der Waals surface area contributed by atoms with E-state index in [1.807, 2.05) is 13.8 Å². The van der Waals surface area contributed by atoms with E-state index in [2.05, 4.69) is 21.2 Å². The second-order valence-corrected chi connectivity index (χ2v) is 5.19. The van der Waals surface area contributed by atoms with Gasteiger partial charge >= 0.3 is 0 Å². The van der Waals surface area contributed by atoms with Gasteiger partial charge in [0.2, 0.25) is 0 Å². The number of nitrogens with one attached hydrogen (secondary N) is 1. The zero-order valence-corrected chi connectivity index (χ0v) is 12.2. The van der Waals surface area contributed by atoms with Crippen molar-refractivity contribution in [3.8, 4) is 0 Å². The predicted octanol–water partition coefficient (Wildman–Crippen LogP) is 2.84. The van der Waals surface area contributed by atoms with Crippen molar-refractivity contribution in [3.63, 3.8) is 0 Å². The molecule has 0 aliphatic carbocycles. The highest BCUT2D eigenvalue weighted by molar-refractivity contribution is 9.10. The summed E-state index contributed by atoms with van der Waals surface area (Å²) < 4.78 is 14.3. The Kier molecular flexibility index (Phi) is 5.28. The molecule has 0 bridgehead atoms. The van der Waals surface area contributed by atoms with E-state index in [9.17, 15) is 9.18 Å². The third-order valence-electron chi connectivity index (χ3n) is 3.30. The number of hydrogen-bond donors (Lipinski definition) is 2. The SMILES string of the molecule is CCC(CC)(CN)NC(=O)c1cc(Br)ccc1F. The van der Waals surface area contributed by atoms with E-state index in [0.717, 1.165) is 0 Å². The minimum atomic E-state index is -0.533. The number of carbonyl (C=O) groups is 1. The largest absolute Gasteiger partial charge is 0.345 e. The molecule has 100 valence electrons. The second kappa shape index (κ2) is 6.29. The number of rotatable bonds is 5. The van der Waals surface area contributed by atoms with Gasteiger partial charge in [-0.2, -0.15) is 0 Å². The normalized spacial score (nSPS) is 11.4. The standard InChI is InChI=1S/C13H18BrFN2O/c1-3-13(4-2,8-16)17-12(18)10-7-9(14)5-6-11(10)15/h5-7H,3-4,8,16H2,1-2H3,(H,17,18). The van der Waals surface area contributed by atoms with Gasteiger partial charge in [-0.05, 0) is 31.0 Å². The Hall–Kier alpha value is -0.940. The van der Waals surface area contributed by atoms with Crippen LogP contribution in [-0.2, 0) is 0 Å². The molecule has 3 nitrogen and oxygen atoms in total. The minimum absolute atomic E-state index is 0.0316. The molecule has 0 heterocycles. The summed E-state index contributed by atoms with van der Waals surface area (Å²) in [4.78, 5) is 12.1. The fraction of sp³-hybridized carbons (Fsp3) is 0.462. The van der Waals surface area contributed by atoms with Crippen LogP contribution in [-0.4, -0.2) is 18.0 Å². The molecule has 0 radical (unpaired) electrons. The van der Waals surface area contributed by atoms with Crippen molar-refractivity contribution in [2.45, 2.75) is 32.2 Å².